The topological polar surface area (TPSA) is 97.7 Å². The molecule has 0 aliphatic heterocycles. The van der Waals surface area contributed by atoms with E-state index in [-0.39, 0.29) is 12.1 Å². The Labute approximate surface area is 145 Å². The summed E-state index contributed by atoms with van der Waals surface area (Å²) in [6, 6.07) is -0.0254. The first-order valence-corrected chi connectivity index (χ1v) is 9.26. The molecule has 0 saturated heterocycles. The summed E-state index contributed by atoms with van der Waals surface area (Å²) in [5, 5.41) is 9.49. The number of alkyl halides is 8. The number of fused-ring (bicyclic) bond motifs is 1. The maximum absolute atomic E-state index is 13.7. The standard InChI is InChI=1S/C11H6F8O6S2/c12-9(13)3-4-5(25-27(23,24)11(17,18)19)1-2-6(7(4)8(9)20)26(21,22)10(14,15)16/h1-2,8,20H,3H2/t8-/m0/s1. The van der Waals surface area contributed by atoms with E-state index in [2.05, 4.69) is 4.18 Å². The van der Waals surface area contributed by atoms with Gasteiger partial charge in [0.2, 0.25) is 0 Å². The number of sulfone groups is 1. The average molecular weight is 450 g/mol. The van der Waals surface area contributed by atoms with Gasteiger partial charge in [-0.05, 0) is 12.1 Å². The molecule has 1 N–H and O–H groups in total. The zero-order valence-corrected chi connectivity index (χ0v) is 13.9. The van der Waals surface area contributed by atoms with Gasteiger partial charge < -0.3 is 9.29 Å². The molecule has 1 aliphatic rings. The van der Waals surface area contributed by atoms with E-state index in [1.54, 1.807) is 0 Å². The van der Waals surface area contributed by atoms with Gasteiger partial charge in [0.15, 0.2) is 0 Å². The second-order valence-corrected chi connectivity index (χ2v) is 8.67. The molecule has 0 fully saturated rings. The fourth-order valence-corrected chi connectivity index (χ4v) is 3.76. The zero-order valence-electron chi connectivity index (χ0n) is 12.3. The third-order valence-electron chi connectivity index (χ3n) is 3.44. The molecule has 0 saturated carbocycles. The Morgan fingerprint density at radius 1 is 1.00 bits per heavy atom. The highest BCUT2D eigenvalue weighted by molar-refractivity contribution is 7.92. The molecule has 0 heterocycles. The summed E-state index contributed by atoms with van der Waals surface area (Å²) in [4.78, 5) is -1.86. The van der Waals surface area contributed by atoms with Crippen LogP contribution in [0, 0.1) is 0 Å². The Bertz CT molecular complexity index is 977. The molecular formula is C11H6F8O6S2. The molecule has 154 valence electrons. The average Bonchev–Trinajstić information content (AvgIpc) is 2.68. The molecule has 0 amide bonds. The Hall–Kier alpha value is -1.68. The molecule has 0 unspecified atom stereocenters. The quantitative estimate of drug-likeness (QED) is 0.432. The normalized spacial score (nSPS) is 20.4. The number of halogens is 8. The van der Waals surface area contributed by atoms with Gasteiger partial charge in [-0.2, -0.15) is 34.8 Å². The van der Waals surface area contributed by atoms with Gasteiger partial charge in [-0.3, -0.25) is 0 Å². The van der Waals surface area contributed by atoms with Crippen molar-refractivity contribution in [3.05, 3.63) is 23.3 Å². The maximum Gasteiger partial charge on any atom is 0.534 e. The molecule has 0 bridgehead atoms. The van der Waals surface area contributed by atoms with Crippen LogP contribution in [-0.4, -0.2) is 38.9 Å². The Kier molecular flexibility index (Phi) is 4.73. The van der Waals surface area contributed by atoms with E-state index in [4.69, 9.17) is 0 Å². The summed E-state index contributed by atoms with van der Waals surface area (Å²) < 4.78 is 151. The number of rotatable bonds is 3. The van der Waals surface area contributed by atoms with Gasteiger partial charge in [0.25, 0.3) is 15.8 Å². The molecule has 1 aromatic rings. The fourth-order valence-electron chi connectivity index (χ4n) is 2.25. The molecular weight excluding hydrogens is 444 g/mol. The van der Waals surface area contributed by atoms with Crippen LogP contribution in [0.2, 0.25) is 0 Å². The second kappa shape index (κ2) is 5.91. The van der Waals surface area contributed by atoms with Crippen molar-refractivity contribution in [3.8, 4) is 5.75 Å². The number of aliphatic hydroxyl groups is 1. The van der Waals surface area contributed by atoms with Gasteiger partial charge in [-0.1, -0.05) is 0 Å². The van der Waals surface area contributed by atoms with Crippen molar-refractivity contribution in [1.29, 1.82) is 0 Å². The molecule has 6 nitrogen and oxygen atoms in total. The predicted molar refractivity (Wildman–Crippen MR) is 68.9 cm³/mol. The number of hydrogen-bond acceptors (Lipinski definition) is 6. The number of benzene rings is 1. The molecule has 0 aromatic heterocycles. The number of hydrogen-bond donors (Lipinski definition) is 1. The largest absolute Gasteiger partial charge is 0.534 e. The van der Waals surface area contributed by atoms with Crippen molar-refractivity contribution >= 4 is 20.0 Å². The highest BCUT2D eigenvalue weighted by atomic mass is 32.2. The van der Waals surface area contributed by atoms with E-state index in [1.165, 1.54) is 0 Å². The Morgan fingerprint density at radius 2 is 1.52 bits per heavy atom. The van der Waals surface area contributed by atoms with Crippen molar-refractivity contribution < 1.29 is 61.2 Å². The molecule has 2 rings (SSSR count). The van der Waals surface area contributed by atoms with E-state index in [1.807, 2.05) is 0 Å². The third-order valence-corrected chi connectivity index (χ3v) is 5.95. The smallest absolute Gasteiger partial charge is 0.382 e. The fraction of sp³-hybridized carbons (Fsp3) is 0.455. The molecule has 1 atom stereocenters. The lowest BCUT2D eigenvalue weighted by molar-refractivity contribution is -0.0978. The van der Waals surface area contributed by atoms with E-state index in [0.29, 0.717) is 0 Å². The summed E-state index contributed by atoms with van der Waals surface area (Å²) in [5.74, 6) is -5.78. The minimum atomic E-state index is -6.40. The SMILES string of the molecule is O=S(=O)(Oc1ccc(S(=O)(=O)C(F)(F)F)c2c1CC(F)(F)[C@H]2O)C(F)(F)F. The summed E-state index contributed by atoms with van der Waals surface area (Å²) in [6.45, 7) is 0. The molecule has 16 heteroatoms. The van der Waals surface area contributed by atoms with E-state index in [0.717, 1.165) is 0 Å². The van der Waals surface area contributed by atoms with Crippen molar-refractivity contribution in [2.24, 2.45) is 0 Å². The molecule has 1 aliphatic carbocycles. The highest BCUT2D eigenvalue weighted by Gasteiger charge is 2.56. The lowest BCUT2D eigenvalue weighted by Gasteiger charge is -2.17. The van der Waals surface area contributed by atoms with Crippen LogP contribution < -0.4 is 4.18 Å². The van der Waals surface area contributed by atoms with Crippen molar-refractivity contribution in [1.82, 2.24) is 0 Å². The van der Waals surface area contributed by atoms with Crippen LogP contribution in [0.1, 0.15) is 17.2 Å². The minimum Gasteiger partial charge on any atom is -0.382 e. The molecule has 27 heavy (non-hydrogen) atoms. The maximum atomic E-state index is 13.7. The van der Waals surface area contributed by atoms with Crippen LogP contribution >= 0.6 is 0 Å². The van der Waals surface area contributed by atoms with Crippen LogP contribution in [-0.2, 0) is 26.4 Å². The first-order valence-electron chi connectivity index (χ1n) is 6.37. The molecule has 1 aromatic carbocycles. The van der Waals surface area contributed by atoms with Gasteiger partial charge in [0.05, 0.1) is 4.90 Å². The van der Waals surface area contributed by atoms with Gasteiger partial charge in [0.1, 0.15) is 11.9 Å². The Balaban J connectivity index is 2.76. The van der Waals surface area contributed by atoms with Gasteiger partial charge in [0, 0.05) is 17.5 Å². The Morgan fingerprint density at radius 3 is 1.96 bits per heavy atom. The number of aliphatic hydroxyl groups excluding tert-OH is 1. The lowest BCUT2D eigenvalue weighted by atomic mass is 10.1. The van der Waals surface area contributed by atoms with Gasteiger partial charge in [-0.15, -0.1) is 0 Å². The summed E-state index contributed by atoms with van der Waals surface area (Å²) in [7, 11) is -12.7. The van der Waals surface area contributed by atoms with E-state index < -0.39 is 71.2 Å². The summed E-state index contributed by atoms with van der Waals surface area (Å²) >= 11 is 0. The summed E-state index contributed by atoms with van der Waals surface area (Å²) in [5.41, 5.74) is -14.9. The highest BCUT2D eigenvalue weighted by Crippen LogP contribution is 2.51. The molecule has 0 spiro atoms. The van der Waals surface area contributed by atoms with Crippen LogP contribution in [0.15, 0.2) is 17.0 Å². The van der Waals surface area contributed by atoms with Gasteiger partial charge in [-0.25, -0.2) is 17.2 Å². The molecule has 0 radical (unpaired) electrons. The van der Waals surface area contributed by atoms with Crippen molar-refractivity contribution in [3.63, 3.8) is 0 Å². The lowest BCUT2D eigenvalue weighted by Crippen LogP contribution is -2.28. The van der Waals surface area contributed by atoms with Crippen molar-refractivity contribution in [2.75, 3.05) is 0 Å². The zero-order chi connectivity index (χ0) is 21.2. The van der Waals surface area contributed by atoms with Crippen LogP contribution in [0.25, 0.3) is 0 Å². The predicted octanol–water partition coefficient (Wildman–Crippen LogP) is 2.43. The first-order chi connectivity index (χ1) is 11.8. The van der Waals surface area contributed by atoms with Crippen LogP contribution in [0.5, 0.6) is 5.75 Å². The van der Waals surface area contributed by atoms with Crippen LogP contribution in [0.4, 0.5) is 35.1 Å². The monoisotopic (exact) mass is 450 g/mol. The second-order valence-electron chi connectivity index (χ2n) is 5.23. The summed E-state index contributed by atoms with van der Waals surface area (Å²) in [6.07, 6.45) is -4.91. The first kappa shape index (κ1) is 21.6. The van der Waals surface area contributed by atoms with Crippen molar-refractivity contribution in [2.45, 2.75) is 34.4 Å². The van der Waals surface area contributed by atoms with Gasteiger partial charge >= 0.3 is 21.1 Å². The third kappa shape index (κ3) is 3.44. The minimum absolute atomic E-state index is 0.0505. The van der Waals surface area contributed by atoms with E-state index >= 15 is 0 Å². The van der Waals surface area contributed by atoms with Crippen LogP contribution in [0.3, 0.4) is 0 Å². The van der Waals surface area contributed by atoms with E-state index in [9.17, 15) is 57.1 Å².